The van der Waals surface area contributed by atoms with Crippen molar-refractivity contribution in [1.82, 2.24) is 4.98 Å². The quantitative estimate of drug-likeness (QED) is 0.609. The minimum Gasteiger partial charge on any atom is -0.436 e. The van der Waals surface area contributed by atoms with Gasteiger partial charge in [0, 0.05) is 40.0 Å². The SMILES string of the molecule is [2H]C([2H])([2H])C1(C([2H])([2H])[2H])CN(c2c(C)ccc3c2oc2ncccc23)C(C)(C)C1([2H])[2H]. The van der Waals surface area contributed by atoms with Gasteiger partial charge in [0.2, 0.25) is 5.71 Å². The molecule has 0 aliphatic carbocycles. The van der Waals surface area contributed by atoms with E-state index in [0.717, 1.165) is 16.3 Å². The summed E-state index contributed by atoms with van der Waals surface area (Å²) < 4.78 is 72.3. The first kappa shape index (κ1) is 8.18. The Balaban J connectivity index is 2.06. The van der Waals surface area contributed by atoms with Crippen molar-refractivity contribution in [2.24, 2.45) is 5.41 Å². The minimum absolute atomic E-state index is 0.405. The van der Waals surface area contributed by atoms with Gasteiger partial charge in [0.25, 0.3) is 0 Å². The average molecular weight is 316 g/mol. The first-order valence-corrected chi connectivity index (χ1v) is 7.62. The zero-order valence-electron chi connectivity index (χ0n) is 21.4. The lowest BCUT2D eigenvalue weighted by Crippen LogP contribution is -2.38. The molecule has 3 aromatic rings. The molecular weight excluding hydrogens is 284 g/mol. The van der Waals surface area contributed by atoms with E-state index < -0.39 is 37.6 Å². The Morgan fingerprint density at radius 3 is 2.83 bits per heavy atom. The van der Waals surface area contributed by atoms with E-state index in [4.69, 9.17) is 15.4 Å². The van der Waals surface area contributed by atoms with Crippen LogP contribution in [0.15, 0.2) is 34.9 Å². The van der Waals surface area contributed by atoms with E-state index >= 15 is 0 Å². The molecular formula is C20H24N2O. The van der Waals surface area contributed by atoms with Gasteiger partial charge in [-0.25, -0.2) is 4.98 Å². The Morgan fingerprint density at radius 2 is 2.09 bits per heavy atom. The molecule has 0 atom stereocenters. The van der Waals surface area contributed by atoms with Crippen molar-refractivity contribution in [3.63, 3.8) is 0 Å². The molecule has 2 aromatic heterocycles. The topological polar surface area (TPSA) is 29.3 Å². The van der Waals surface area contributed by atoms with Gasteiger partial charge in [0.1, 0.15) is 0 Å². The van der Waals surface area contributed by atoms with Crippen LogP contribution < -0.4 is 4.90 Å². The first-order chi connectivity index (χ1) is 14.1. The van der Waals surface area contributed by atoms with Crippen molar-refractivity contribution in [1.29, 1.82) is 0 Å². The lowest BCUT2D eigenvalue weighted by atomic mass is 9.86. The van der Waals surface area contributed by atoms with Gasteiger partial charge in [0.05, 0.1) is 5.69 Å². The van der Waals surface area contributed by atoms with Crippen molar-refractivity contribution in [2.75, 3.05) is 11.4 Å². The zero-order chi connectivity index (χ0) is 23.2. The van der Waals surface area contributed by atoms with Gasteiger partial charge in [-0.2, -0.15) is 0 Å². The van der Waals surface area contributed by atoms with E-state index in [9.17, 15) is 0 Å². The molecule has 1 saturated heterocycles. The molecule has 0 amide bonds. The molecule has 0 bridgehead atoms. The third-order valence-corrected chi connectivity index (χ3v) is 4.45. The van der Waals surface area contributed by atoms with E-state index in [1.807, 2.05) is 25.1 Å². The summed E-state index contributed by atoms with van der Waals surface area (Å²) in [6.07, 6.45) is -0.973. The van der Waals surface area contributed by atoms with Crippen LogP contribution in [0.3, 0.4) is 0 Å². The number of pyridine rings is 1. The van der Waals surface area contributed by atoms with Crippen LogP contribution in [0.25, 0.3) is 22.1 Å². The van der Waals surface area contributed by atoms with Gasteiger partial charge in [0.15, 0.2) is 5.58 Å². The summed E-state index contributed by atoms with van der Waals surface area (Å²) in [7, 11) is 0. The molecule has 3 heterocycles. The number of hydrogen-bond donors (Lipinski definition) is 0. The summed E-state index contributed by atoms with van der Waals surface area (Å²) in [5.41, 5.74) is -2.00. The highest BCUT2D eigenvalue weighted by molar-refractivity contribution is 6.08. The largest absolute Gasteiger partial charge is 0.436 e. The summed E-state index contributed by atoms with van der Waals surface area (Å²) >= 11 is 0. The Bertz CT molecular complexity index is 1160. The molecule has 0 saturated carbocycles. The fourth-order valence-electron chi connectivity index (χ4n) is 3.52. The molecule has 1 aromatic carbocycles. The van der Waals surface area contributed by atoms with Crippen LogP contribution in [0.2, 0.25) is 0 Å². The van der Waals surface area contributed by atoms with Crippen molar-refractivity contribution < 1.29 is 15.4 Å². The molecule has 0 spiro atoms. The van der Waals surface area contributed by atoms with Crippen molar-refractivity contribution in [3.05, 3.63) is 36.0 Å². The van der Waals surface area contributed by atoms with Crippen LogP contribution in [-0.2, 0) is 0 Å². The number of rotatable bonds is 1. The Labute approximate surface area is 148 Å². The summed E-state index contributed by atoms with van der Waals surface area (Å²) in [4.78, 5) is 5.81. The van der Waals surface area contributed by atoms with E-state index in [1.54, 1.807) is 31.0 Å². The molecule has 23 heavy (non-hydrogen) atoms. The van der Waals surface area contributed by atoms with Crippen LogP contribution in [0.4, 0.5) is 5.69 Å². The molecule has 4 rings (SSSR count). The lowest BCUT2D eigenvalue weighted by Gasteiger charge is -2.34. The molecule has 3 heteroatoms. The number of aromatic nitrogens is 1. The van der Waals surface area contributed by atoms with Crippen LogP contribution in [0.5, 0.6) is 0 Å². The summed E-state index contributed by atoms with van der Waals surface area (Å²) in [5, 5.41) is 1.52. The smallest absolute Gasteiger partial charge is 0.227 e. The number of benzene rings is 1. The third kappa shape index (κ3) is 2.13. The zero-order valence-corrected chi connectivity index (χ0v) is 13.4. The van der Waals surface area contributed by atoms with Crippen molar-refractivity contribution in [3.8, 4) is 0 Å². The number of aryl methyl sites for hydroxylation is 1. The predicted octanol–water partition coefficient (Wildman–Crippen LogP) is 5.30. The second-order valence-corrected chi connectivity index (χ2v) is 6.74. The maximum Gasteiger partial charge on any atom is 0.227 e. The van der Waals surface area contributed by atoms with E-state index in [-0.39, 0.29) is 0 Å². The van der Waals surface area contributed by atoms with Crippen LogP contribution in [-0.4, -0.2) is 17.1 Å². The molecule has 3 nitrogen and oxygen atoms in total. The Hall–Kier alpha value is -2.03. The molecule has 120 valence electrons. The maximum absolute atomic E-state index is 8.83. The minimum atomic E-state index is -3.06. The summed E-state index contributed by atoms with van der Waals surface area (Å²) in [6, 6.07) is 7.36. The fraction of sp³-hybridized carbons (Fsp3) is 0.450. The second-order valence-electron chi connectivity index (χ2n) is 6.74. The van der Waals surface area contributed by atoms with Crippen molar-refractivity contribution >= 4 is 27.8 Å². The highest BCUT2D eigenvalue weighted by Gasteiger charge is 2.44. The number of furan rings is 1. The Morgan fingerprint density at radius 1 is 1.26 bits per heavy atom. The van der Waals surface area contributed by atoms with Crippen LogP contribution in [0.1, 0.15) is 50.5 Å². The highest BCUT2D eigenvalue weighted by atomic mass is 16.3. The standard InChI is InChI=1S/C20H24N2O/c1-13-8-9-14-15-7-6-10-21-18(15)23-17(14)16(13)22-12-19(2,3)11-20(22,4)5/h6-10H,11-12H2,1-5H3/i2D3,3D3,11D2. The van der Waals surface area contributed by atoms with Gasteiger partial charge in [-0.3, -0.25) is 0 Å². The summed E-state index contributed by atoms with van der Waals surface area (Å²) in [6.45, 7) is -1.73. The molecule has 1 aliphatic rings. The van der Waals surface area contributed by atoms with Crippen LogP contribution in [0, 0.1) is 12.3 Å². The van der Waals surface area contributed by atoms with Gasteiger partial charge in [-0.1, -0.05) is 25.8 Å². The van der Waals surface area contributed by atoms with Crippen molar-refractivity contribution in [2.45, 2.75) is 46.4 Å². The third-order valence-electron chi connectivity index (χ3n) is 4.45. The van der Waals surface area contributed by atoms with Crippen LogP contribution >= 0.6 is 0 Å². The number of fused-ring (bicyclic) bond motifs is 3. The lowest BCUT2D eigenvalue weighted by molar-refractivity contribution is 0.371. The van der Waals surface area contributed by atoms with E-state index in [1.165, 1.54) is 0 Å². The average Bonchev–Trinajstić information content (AvgIpc) is 3.06. The maximum atomic E-state index is 8.83. The second kappa shape index (κ2) is 4.50. The number of hydrogen-bond acceptors (Lipinski definition) is 3. The van der Waals surface area contributed by atoms with Gasteiger partial charge < -0.3 is 9.32 Å². The molecule has 0 radical (unpaired) electrons. The fourth-order valence-corrected chi connectivity index (χ4v) is 3.52. The van der Waals surface area contributed by atoms with Gasteiger partial charge in [-0.15, -0.1) is 0 Å². The highest BCUT2D eigenvalue weighted by Crippen LogP contribution is 2.47. The number of nitrogens with zero attached hydrogens (tertiary/aromatic N) is 2. The normalized spacial score (nSPS) is 28.2. The molecule has 0 N–H and O–H groups in total. The van der Waals surface area contributed by atoms with Gasteiger partial charge in [-0.05, 0) is 50.3 Å². The van der Waals surface area contributed by atoms with Gasteiger partial charge >= 0.3 is 0 Å². The first-order valence-electron chi connectivity index (χ1n) is 11.6. The molecule has 1 aliphatic heterocycles. The Kier molecular flexibility index (Phi) is 1.60. The monoisotopic (exact) mass is 316 g/mol. The molecule has 0 unspecified atom stereocenters. The molecule has 1 fully saturated rings. The van der Waals surface area contributed by atoms with E-state index in [2.05, 4.69) is 4.98 Å². The van der Waals surface area contributed by atoms with E-state index in [0.29, 0.717) is 17.0 Å². The summed E-state index contributed by atoms with van der Waals surface area (Å²) in [5.74, 6) is 0. The number of anilines is 1. The predicted molar refractivity (Wildman–Crippen MR) is 96.1 cm³/mol.